The number of nitrogens with one attached hydrogen (secondary N) is 2. The van der Waals surface area contributed by atoms with Gasteiger partial charge in [0.2, 0.25) is 0 Å². The van der Waals surface area contributed by atoms with Crippen molar-refractivity contribution < 1.29 is 17.2 Å². The molecule has 0 bridgehead atoms. The molecule has 0 saturated heterocycles. The van der Waals surface area contributed by atoms with Gasteiger partial charge < -0.3 is 4.98 Å². The number of nitrogens with zero attached hydrogens (tertiary/aromatic N) is 1. The zero-order chi connectivity index (χ0) is 14.0. The summed E-state index contributed by atoms with van der Waals surface area (Å²) < 4.78 is 52.6. The summed E-state index contributed by atoms with van der Waals surface area (Å²) in [4.78, 5) is 6.02. The first-order valence-corrected chi connectivity index (χ1v) is 6.84. The maximum Gasteiger partial charge on any atom is 0.258 e. The highest BCUT2D eigenvalue weighted by Gasteiger charge is 2.21. The van der Waals surface area contributed by atoms with Crippen LogP contribution in [0.2, 0.25) is 0 Å². The number of benzene rings is 1. The van der Waals surface area contributed by atoms with Crippen molar-refractivity contribution in [2.24, 2.45) is 0 Å². The van der Waals surface area contributed by atoms with Gasteiger partial charge in [-0.1, -0.05) is 0 Å². The largest absolute Gasteiger partial charge is 0.335 e. The molecule has 0 radical (unpaired) electrons. The Balaban J connectivity index is 2.26. The lowest BCUT2D eigenvalue weighted by Gasteiger charge is -2.14. The molecule has 1 heterocycles. The second-order valence-electron chi connectivity index (χ2n) is 3.92. The van der Waals surface area contributed by atoms with Gasteiger partial charge in [-0.15, -0.1) is 0 Å². The molecular formula is C11H11F2N3O2S. The molecule has 0 amide bonds. The molecule has 2 N–H and O–H groups in total. The van der Waals surface area contributed by atoms with Crippen molar-refractivity contribution in [1.82, 2.24) is 14.7 Å². The van der Waals surface area contributed by atoms with Gasteiger partial charge >= 0.3 is 0 Å². The summed E-state index contributed by atoms with van der Waals surface area (Å²) >= 11 is 0. The number of imidazole rings is 1. The fraction of sp³-hybridized carbons (Fsp3) is 0.182. The van der Waals surface area contributed by atoms with Gasteiger partial charge in [-0.05, 0) is 25.1 Å². The summed E-state index contributed by atoms with van der Waals surface area (Å²) in [7, 11) is -3.85. The molecule has 1 aromatic heterocycles. The van der Waals surface area contributed by atoms with Crippen molar-refractivity contribution in [2.75, 3.05) is 0 Å². The maximum atomic E-state index is 13.5. The summed E-state index contributed by atoms with van der Waals surface area (Å²) in [5.74, 6) is -1.31. The Morgan fingerprint density at radius 1 is 1.37 bits per heavy atom. The quantitative estimate of drug-likeness (QED) is 0.899. The minimum Gasteiger partial charge on any atom is -0.335 e. The lowest BCUT2D eigenvalue weighted by Crippen LogP contribution is -2.27. The van der Waals surface area contributed by atoms with Crippen molar-refractivity contribution in [2.45, 2.75) is 18.0 Å². The van der Waals surface area contributed by atoms with Crippen LogP contribution in [0.1, 0.15) is 18.5 Å². The highest BCUT2D eigenvalue weighted by atomic mass is 32.2. The van der Waals surface area contributed by atoms with Crippen LogP contribution in [0.3, 0.4) is 0 Å². The molecule has 1 atom stereocenters. The second kappa shape index (κ2) is 5.06. The first-order chi connectivity index (χ1) is 8.90. The summed E-state index contributed by atoms with van der Waals surface area (Å²) in [6.45, 7) is 1.42. The van der Waals surface area contributed by atoms with Gasteiger partial charge in [-0.25, -0.2) is 26.9 Å². The topological polar surface area (TPSA) is 74.8 Å². The van der Waals surface area contributed by atoms with Gasteiger partial charge in [0.05, 0.1) is 12.5 Å². The van der Waals surface area contributed by atoms with Crippen LogP contribution in [-0.4, -0.2) is 18.4 Å². The SMILES string of the molecule is CC(NS(=O)(=O)c1cnc[nH]1)c1cc(F)ccc1F. The van der Waals surface area contributed by atoms with Gasteiger partial charge in [0, 0.05) is 11.6 Å². The van der Waals surface area contributed by atoms with E-state index in [0.29, 0.717) is 0 Å². The van der Waals surface area contributed by atoms with E-state index in [-0.39, 0.29) is 10.6 Å². The van der Waals surface area contributed by atoms with Crippen LogP contribution < -0.4 is 4.72 Å². The number of halogens is 2. The molecule has 8 heteroatoms. The second-order valence-corrected chi connectivity index (χ2v) is 5.61. The van der Waals surface area contributed by atoms with E-state index in [1.165, 1.54) is 13.3 Å². The van der Waals surface area contributed by atoms with Gasteiger partial charge in [-0.2, -0.15) is 0 Å². The van der Waals surface area contributed by atoms with E-state index >= 15 is 0 Å². The highest BCUT2D eigenvalue weighted by molar-refractivity contribution is 7.89. The molecule has 0 aliphatic heterocycles. The molecule has 19 heavy (non-hydrogen) atoms. The first-order valence-electron chi connectivity index (χ1n) is 5.36. The Morgan fingerprint density at radius 2 is 2.11 bits per heavy atom. The van der Waals surface area contributed by atoms with Gasteiger partial charge in [0.15, 0.2) is 5.03 Å². The number of H-pyrrole nitrogens is 1. The first kappa shape index (κ1) is 13.6. The number of sulfonamides is 1. The zero-order valence-corrected chi connectivity index (χ0v) is 10.7. The third-order valence-electron chi connectivity index (χ3n) is 2.52. The molecule has 0 saturated carbocycles. The van der Waals surface area contributed by atoms with Crippen molar-refractivity contribution in [3.8, 4) is 0 Å². The van der Waals surface area contributed by atoms with E-state index in [9.17, 15) is 17.2 Å². The predicted molar refractivity (Wildman–Crippen MR) is 63.7 cm³/mol. The maximum absolute atomic E-state index is 13.5. The molecule has 0 fully saturated rings. The van der Waals surface area contributed by atoms with Crippen LogP contribution in [0.5, 0.6) is 0 Å². The normalized spacial score (nSPS) is 13.4. The monoisotopic (exact) mass is 287 g/mol. The molecule has 0 aliphatic carbocycles. The molecule has 2 rings (SSSR count). The van der Waals surface area contributed by atoms with Gasteiger partial charge in [0.1, 0.15) is 11.6 Å². The molecule has 5 nitrogen and oxygen atoms in total. The lowest BCUT2D eigenvalue weighted by atomic mass is 10.1. The smallest absolute Gasteiger partial charge is 0.258 e. The standard InChI is InChI=1S/C11H11F2N3O2S/c1-7(9-4-8(12)2-3-10(9)13)16-19(17,18)11-5-14-6-15-11/h2-7,16H,1H3,(H,14,15). The van der Waals surface area contributed by atoms with Crippen LogP contribution in [0, 0.1) is 11.6 Å². The van der Waals surface area contributed by atoms with E-state index in [4.69, 9.17) is 0 Å². The van der Waals surface area contributed by atoms with E-state index in [0.717, 1.165) is 24.4 Å². The number of rotatable bonds is 4. The molecule has 102 valence electrons. The summed E-state index contributed by atoms with van der Waals surface area (Å²) in [6, 6.07) is 1.96. The molecule has 1 unspecified atom stereocenters. The molecule has 0 spiro atoms. The van der Waals surface area contributed by atoms with Crippen molar-refractivity contribution >= 4 is 10.0 Å². The number of hydrogen-bond donors (Lipinski definition) is 2. The van der Waals surface area contributed by atoms with Gasteiger partial charge in [-0.3, -0.25) is 0 Å². The zero-order valence-electron chi connectivity index (χ0n) is 9.89. The number of hydrogen-bond acceptors (Lipinski definition) is 3. The summed E-state index contributed by atoms with van der Waals surface area (Å²) in [5, 5.41) is -0.142. The molecular weight excluding hydrogens is 276 g/mol. The van der Waals surface area contributed by atoms with Crippen molar-refractivity contribution in [1.29, 1.82) is 0 Å². The molecule has 1 aromatic carbocycles. The Labute approximate surface area is 108 Å². The number of aromatic amines is 1. The Bertz CT molecular complexity index is 671. The lowest BCUT2D eigenvalue weighted by molar-refractivity contribution is 0.540. The van der Waals surface area contributed by atoms with Gasteiger partial charge in [0.25, 0.3) is 10.0 Å². The molecule has 2 aromatic rings. The number of aromatic nitrogens is 2. The predicted octanol–water partition coefficient (Wildman–Crippen LogP) is 1.73. The van der Waals surface area contributed by atoms with E-state index in [2.05, 4.69) is 14.7 Å². The fourth-order valence-corrected chi connectivity index (χ4v) is 2.72. The fourth-order valence-electron chi connectivity index (χ4n) is 1.60. The minimum atomic E-state index is -3.85. The summed E-state index contributed by atoms with van der Waals surface area (Å²) in [5.41, 5.74) is -0.0666. The van der Waals surface area contributed by atoms with Crippen molar-refractivity contribution in [3.05, 3.63) is 47.9 Å². The highest BCUT2D eigenvalue weighted by Crippen LogP contribution is 2.19. The third kappa shape index (κ3) is 2.96. The van der Waals surface area contributed by atoms with E-state index in [1.54, 1.807) is 0 Å². The Hall–Kier alpha value is -1.80. The van der Waals surface area contributed by atoms with E-state index in [1.807, 2.05) is 0 Å². The molecule has 0 aliphatic rings. The van der Waals surface area contributed by atoms with Crippen molar-refractivity contribution in [3.63, 3.8) is 0 Å². The van der Waals surface area contributed by atoms with E-state index < -0.39 is 27.7 Å². The Kier molecular flexibility index (Phi) is 3.63. The van der Waals surface area contributed by atoms with Crippen LogP contribution in [0.4, 0.5) is 8.78 Å². The van der Waals surface area contributed by atoms with Crippen LogP contribution in [0.25, 0.3) is 0 Å². The summed E-state index contributed by atoms with van der Waals surface area (Å²) in [6.07, 6.45) is 2.33. The third-order valence-corrected chi connectivity index (χ3v) is 3.99. The van der Waals surface area contributed by atoms with Crippen LogP contribution in [0.15, 0.2) is 35.7 Å². The average Bonchev–Trinajstić information content (AvgIpc) is 2.86. The Morgan fingerprint density at radius 3 is 2.74 bits per heavy atom. The average molecular weight is 287 g/mol. The van der Waals surface area contributed by atoms with Crippen LogP contribution >= 0.6 is 0 Å². The minimum absolute atomic E-state index is 0.0666. The van der Waals surface area contributed by atoms with Crippen LogP contribution in [-0.2, 0) is 10.0 Å².